The molecule has 0 aromatic carbocycles. The molecule has 0 radical (unpaired) electrons. The lowest BCUT2D eigenvalue weighted by molar-refractivity contribution is 0.562. The van der Waals surface area contributed by atoms with Gasteiger partial charge in [0.2, 0.25) is 0 Å². The van der Waals surface area contributed by atoms with Crippen LogP contribution in [-0.2, 0) is 5.41 Å². The second-order valence-corrected chi connectivity index (χ2v) is 9.36. The molecule has 3 nitrogen and oxygen atoms in total. The number of anilines is 1. The predicted molar refractivity (Wildman–Crippen MR) is 92.0 cm³/mol. The van der Waals surface area contributed by atoms with Gasteiger partial charge < -0.3 is 5.32 Å². The second-order valence-electron chi connectivity index (χ2n) is 6.36. The molecule has 0 aliphatic carbocycles. The fourth-order valence-electron chi connectivity index (χ4n) is 2.04. The van der Waals surface area contributed by atoms with Crippen molar-refractivity contribution in [1.82, 2.24) is 9.97 Å². The number of thioether (sulfide) groups is 2. The minimum Gasteiger partial charge on any atom is -0.373 e. The topological polar surface area (TPSA) is 37.8 Å². The van der Waals surface area contributed by atoms with Crippen LogP contribution >= 0.6 is 23.5 Å². The third kappa shape index (κ3) is 3.61. The molecule has 1 saturated heterocycles. The lowest BCUT2D eigenvalue weighted by Gasteiger charge is -2.31. The molecule has 2 rings (SSSR count). The zero-order valence-corrected chi connectivity index (χ0v) is 14.9. The standard InChI is InChI=1S/C15H25N3S2/c1-9-10(2)20-11(8-19-9)14-17-12(15(3,4)5)7-13(16-6)18-14/h7,9-11H,8H2,1-6H3,(H,16,17,18). The van der Waals surface area contributed by atoms with Crippen molar-refractivity contribution in [3.05, 3.63) is 17.6 Å². The van der Waals surface area contributed by atoms with E-state index in [0.29, 0.717) is 15.7 Å². The highest BCUT2D eigenvalue weighted by atomic mass is 32.2. The van der Waals surface area contributed by atoms with Gasteiger partial charge in [0.1, 0.15) is 11.6 Å². The molecular formula is C15H25N3S2. The molecular weight excluding hydrogens is 286 g/mol. The Morgan fingerprint density at radius 2 is 1.90 bits per heavy atom. The van der Waals surface area contributed by atoms with Crippen molar-refractivity contribution in [2.45, 2.75) is 55.8 Å². The van der Waals surface area contributed by atoms with Crippen molar-refractivity contribution in [1.29, 1.82) is 0 Å². The molecule has 0 saturated carbocycles. The van der Waals surface area contributed by atoms with E-state index in [0.717, 1.165) is 23.1 Å². The van der Waals surface area contributed by atoms with Gasteiger partial charge in [-0.25, -0.2) is 9.97 Å². The van der Waals surface area contributed by atoms with Crippen LogP contribution in [0.2, 0.25) is 0 Å². The van der Waals surface area contributed by atoms with Crippen molar-refractivity contribution in [3.8, 4) is 0 Å². The Bertz CT molecular complexity index is 471. The Hall–Kier alpha value is -0.420. The van der Waals surface area contributed by atoms with Gasteiger partial charge in [0, 0.05) is 34.8 Å². The molecule has 20 heavy (non-hydrogen) atoms. The Morgan fingerprint density at radius 1 is 1.20 bits per heavy atom. The summed E-state index contributed by atoms with van der Waals surface area (Å²) in [5.41, 5.74) is 1.16. The van der Waals surface area contributed by atoms with E-state index >= 15 is 0 Å². The molecule has 1 aliphatic rings. The first-order valence-corrected chi connectivity index (χ1v) is 9.14. The summed E-state index contributed by atoms with van der Waals surface area (Å²) in [5.74, 6) is 3.02. The molecule has 0 amide bonds. The maximum atomic E-state index is 4.85. The number of rotatable bonds is 2. The van der Waals surface area contributed by atoms with Crippen LogP contribution in [0.4, 0.5) is 5.82 Å². The van der Waals surface area contributed by atoms with Crippen molar-refractivity contribution < 1.29 is 0 Å². The molecule has 3 atom stereocenters. The van der Waals surface area contributed by atoms with Crippen molar-refractivity contribution in [2.24, 2.45) is 0 Å². The highest BCUT2D eigenvalue weighted by Crippen LogP contribution is 2.43. The number of hydrogen-bond donors (Lipinski definition) is 1. The summed E-state index contributed by atoms with van der Waals surface area (Å²) in [6.45, 7) is 11.2. The third-order valence-electron chi connectivity index (χ3n) is 3.61. The van der Waals surface area contributed by atoms with Crippen LogP contribution in [0.25, 0.3) is 0 Å². The van der Waals surface area contributed by atoms with Crippen LogP contribution in [0.1, 0.15) is 51.4 Å². The van der Waals surface area contributed by atoms with Gasteiger partial charge in [-0.1, -0.05) is 34.6 Å². The van der Waals surface area contributed by atoms with E-state index in [1.807, 2.05) is 30.6 Å². The molecule has 0 spiro atoms. The van der Waals surface area contributed by atoms with Gasteiger partial charge in [0.15, 0.2) is 0 Å². The third-order valence-corrected chi connectivity index (χ3v) is 6.99. The van der Waals surface area contributed by atoms with E-state index < -0.39 is 0 Å². The van der Waals surface area contributed by atoms with Gasteiger partial charge in [-0.05, 0) is 0 Å². The van der Waals surface area contributed by atoms with Crippen molar-refractivity contribution >= 4 is 29.3 Å². The van der Waals surface area contributed by atoms with E-state index in [9.17, 15) is 0 Å². The summed E-state index contributed by atoms with van der Waals surface area (Å²) in [6, 6.07) is 2.07. The van der Waals surface area contributed by atoms with Crippen LogP contribution in [0.15, 0.2) is 6.07 Å². The van der Waals surface area contributed by atoms with Gasteiger partial charge in [0.25, 0.3) is 0 Å². The summed E-state index contributed by atoms with van der Waals surface area (Å²) in [4.78, 5) is 9.54. The van der Waals surface area contributed by atoms with E-state index in [2.05, 4.69) is 46.0 Å². The molecule has 1 aromatic rings. The minimum atomic E-state index is 0.0503. The molecule has 1 aliphatic heterocycles. The van der Waals surface area contributed by atoms with Gasteiger partial charge in [0.05, 0.1) is 10.9 Å². The first kappa shape index (κ1) is 16.0. The van der Waals surface area contributed by atoms with Gasteiger partial charge in [-0.2, -0.15) is 11.8 Å². The molecule has 112 valence electrons. The average molecular weight is 312 g/mol. The SMILES string of the molecule is CNc1cc(C(C)(C)C)nc(C2CSC(C)C(C)S2)n1. The summed E-state index contributed by atoms with van der Waals surface area (Å²) < 4.78 is 0. The lowest BCUT2D eigenvalue weighted by atomic mass is 9.92. The maximum Gasteiger partial charge on any atom is 0.144 e. The Labute approximate surface area is 131 Å². The molecule has 1 N–H and O–H groups in total. The first-order chi connectivity index (χ1) is 9.31. The smallest absolute Gasteiger partial charge is 0.144 e. The number of hydrogen-bond acceptors (Lipinski definition) is 5. The molecule has 1 fully saturated rings. The molecule has 3 unspecified atom stereocenters. The number of nitrogens with zero attached hydrogens (tertiary/aromatic N) is 2. The Morgan fingerprint density at radius 3 is 2.45 bits per heavy atom. The average Bonchev–Trinajstić information content (AvgIpc) is 2.40. The monoisotopic (exact) mass is 311 g/mol. The van der Waals surface area contributed by atoms with E-state index in [-0.39, 0.29) is 5.41 Å². The molecule has 5 heteroatoms. The fourth-order valence-corrected chi connectivity index (χ4v) is 4.88. The van der Waals surface area contributed by atoms with Crippen LogP contribution in [0, 0.1) is 0 Å². The zero-order valence-electron chi connectivity index (χ0n) is 13.2. The van der Waals surface area contributed by atoms with Crippen molar-refractivity contribution in [2.75, 3.05) is 18.1 Å². The maximum absolute atomic E-state index is 4.85. The zero-order chi connectivity index (χ0) is 14.9. The normalized spacial score (nSPS) is 27.4. The number of aromatic nitrogens is 2. The summed E-state index contributed by atoms with van der Waals surface area (Å²) in [6.07, 6.45) is 0. The van der Waals surface area contributed by atoms with Crippen LogP contribution in [0.5, 0.6) is 0 Å². The lowest BCUT2D eigenvalue weighted by Crippen LogP contribution is -2.24. The van der Waals surface area contributed by atoms with E-state index in [1.165, 1.54) is 0 Å². The fraction of sp³-hybridized carbons (Fsp3) is 0.733. The van der Waals surface area contributed by atoms with Gasteiger partial charge >= 0.3 is 0 Å². The highest BCUT2D eigenvalue weighted by molar-refractivity contribution is 8.07. The molecule has 1 aromatic heterocycles. The Kier molecular flexibility index (Phi) is 4.90. The minimum absolute atomic E-state index is 0.0503. The molecule has 0 bridgehead atoms. The van der Waals surface area contributed by atoms with E-state index in [1.54, 1.807) is 0 Å². The second kappa shape index (κ2) is 6.14. The van der Waals surface area contributed by atoms with Crippen LogP contribution < -0.4 is 5.32 Å². The van der Waals surface area contributed by atoms with Crippen molar-refractivity contribution in [3.63, 3.8) is 0 Å². The van der Waals surface area contributed by atoms with Gasteiger partial charge in [-0.3, -0.25) is 0 Å². The highest BCUT2D eigenvalue weighted by Gasteiger charge is 2.29. The van der Waals surface area contributed by atoms with Crippen LogP contribution in [-0.4, -0.2) is 33.3 Å². The molecule has 2 heterocycles. The van der Waals surface area contributed by atoms with Crippen LogP contribution in [0.3, 0.4) is 0 Å². The summed E-state index contributed by atoms with van der Waals surface area (Å²) in [5, 5.41) is 4.94. The van der Waals surface area contributed by atoms with Gasteiger partial charge in [-0.15, -0.1) is 11.8 Å². The van der Waals surface area contributed by atoms with E-state index in [4.69, 9.17) is 9.97 Å². The quantitative estimate of drug-likeness (QED) is 0.889. The predicted octanol–water partition coefficient (Wildman–Crippen LogP) is 4.11. The Balaban J connectivity index is 2.31. The summed E-state index contributed by atoms with van der Waals surface area (Å²) in [7, 11) is 1.92. The largest absolute Gasteiger partial charge is 0.373 e. The summed E-state index contributed by atoms with van der Waals surface area (Å²) >= 11 is 4.05. The number of nitrogens with one attached hydrogen (secondary N) is 1. The first-order valence-electron chi connectivity index (χ1n) is 7.15.